The SMILES string of the molecule is Oc1c([123I])cc(Cl)c2cccnc12.[Zn+2]. The Labute approximate surface area is 113 Å². The van der Waals surface area contributed by atoms with Crippen molar-refractivity contribution in [2.24, 2.45) is 0 Å². The van der Waals surface area contributed by atoms with Crippen LogP contribution >= 0.6 is 34.2 Å². The maximum atomic E-state index is 9.65. The van der Waals surface area contributed by atoms with Gasteiger partial charge in [0.05, 0.1) is 8.59 Å². The quantitative estimate of drug-likeness (QED) is 0.573. The zero-order chi connectivity index (χ0) is 9.42. The number of benzene rings is 1. The maximum absolute atomic E-state index is 9.65. The summed E-state index contributed by atoms with van der Waals surface area (Å²) < 4.78 is 0.716. The second kappa shape index (κ2) is 4.73. The van der Waals surface area contributed by atoms with E-state index in [2.05, 4.69) is 4.98 Å². The van der Waals surface area contributed by atoms with Crippen molar-refractivity contribution in [3.05, 3.63) is 33.0 Å². The van der Waals surface area contributed by atoms with Gasteiger partial charge in [0.25, 0.3) is 0 Å². The third-order valence-electron chi connectivity index (χ3n) is 1.77. The van der Waals surface area contributed by atoms with Gasteiger partial charge in [0.15, 0.2) is 5.75 Å². The molecule has 0 bridgehead atoms. The van der Waals surface area contributed by atoms with Gasteiger partial charge in [-0.15, -0.1) is 0 Å². The summed E-state index contributed by atoms with van der Waals surface area (Å²) in [7, 11) is 0. The van der Waals surface area contributed by atoms with Crippen molar-refractivity contribution in [2.45, 2.75) is 0 Å². The molecular weight excluding hydrogens is 362 g/mol. The maximum Gasteiger partial charge on any atom is 2.00 e. The molecule has 2 rings (SSSR count). The molecule has 0 atom stereocenters. The molecule has 0 aliphatic carbocycles. The van der Waals surface area contributed by atoms with Crippen LogP contribution in [0, 0.1) is 3.57 Å². The van der Waals surface area contributed by atoms with Gasteiger partial charge >= 0.3 is 19.5 Å². The molecule has 0 saturated carbocycles. The van der Waals surface area contributed by atoms with Gasteiger partial charge in [-0.2, -0.15) is 0 Å². The van der Waals surface area contributed by atoms with Crippen molar-refractivity contribution in [1.29, 1.82) is 0 Å². The number of aromatic nitrogens is 1. The Morgan fingerprint density at radius 2 is 2.14 bits per heavy atom. The number of hydrogen-bond acceptors (Lipinski definition) is 2. The topological polar surface area (TPSA) is 33.1 Å². The second-order valence-corrected chi connectivity index (χ2v) is 4.16. The molecule has 0 fully saturated rings. The monoisotopic (exact) mass is 365 g/mol. The summed E-state index contributed by atoms with van der Waals surface area (Å²) >= 11 is 8.00. The molecule has 0 saturated heterocycles. The summed E-state index contributed by atoms with van der Waals surface area (Å²) in [5.41, 5.74) is 0.555. The van der Waals surface area contributed by atoms with E-state index in [1.54, 1.807) is 18.3 Å². The summed E-state index contributed by atoms with van der Waals surface area (Å²) in [6.07, 6.45) is 1.63. The predicted octanol–water partition coefficient (Wildman–Crippen LogP) is 3.20. The number of hydrogen-bond donors (Lipinski definition) is 1. The first-order chi connectivity index (χ1) is 6.20. The minimum absolute atomic E-state index is 0. The van der Waals surface area contributed by atoms with Crippen LogP contribution in [-0.4, -0.2) is 10.1 Å². The van der Waals surface area contributed by atoms with Gasteiger partial charge in [0, 0.05) is 11.6 Å². The molecule has 1 aromatic heterocycles. The van der Waals surface area contributed by atoms with E-state index in [4.69, 9.17) is 11.6 Å². The predicted molar refractivity (Wildman–Crippen MR) is 61.1 cm³/mol. The molecule has 0 aliphatic rings. The van der Waals surface area contributed by atoms with E-state index >= 15 is 0 Å². The largest absolute Gasteiger partial charge is 2.00 e. The van der Waals surface area contributed by atoms with Crippen molar-refractivity contribution in [3.8, 4) is 5.75 Å². The Balaban J connectivity index is 0.000000980. The summed E-state index contributed by atoms with van der Waals surface area (Å²) in [4.78, 5) is 4.06. The molecule has 1 N–H and O–H groups in total. The van der Waals surface area contributed by atoms with Gasteiger partial charge in [-0.3, -0.25) is 4.98 Å². The first kappa shape index (κ1) is 12.1. The van der Waals surface area contributed by atoms with Crippen LogP contribution < -0.4 is 0 Å². The second-order valence-electron chi connectivity index (χ2n) is 2.59. The summed E-state index contributed by atoms with van der Waals surface area (Å²) in [6.45, 7) is 0. The van der Waals surface area contributed by atoms with Crippen LogP contribution in [0.2, 0.25) is 5.02 Å². The van der Waals surface area contributed by atoms with Gasteiger partial charge in [-0.05, 0) is 40.8 Å². The molecule has 14 heavy (non-hydrogen) atoms. The number of pyridine rings is 1. The first-order valence-electron chi connectivity index (χ1n) is 3.62. The number of nitrogens with zero attached hydrogens (tertiary/aromatic N) is 1. The van der Waals surface area contributed by atoms with Crippen LogP contribution in [-0.2, 0) is 19.5 Å². The van der Waals surface area contributed by atoms with Crippen LogP contribution in [0.15, 0.2) is 24.4 Å². The molecule has 5 heteroatoms. The number of aromatic hydroxyl groups is 1. The van der Waals surface area contributed by atoms with Crippen LogP contribution in [0.3, 0.4) is 0 Å². The minimum Gasteiger partial charge on any atom is -0.505 e. The number of phenols is 1. The zero-order valence-electron chi connectivity index (χ0n) is 7.17. The van der Waals surface area contributed by atoms with Gasteiger partial charge in [-0.25, -0.2) is 0 Å². The molecule has 1 heterocycles. The standard InChI is InChI=1S/C9H5ClINO.Zn/c10-6-4-7(11)9(13)8-5(6)2-1-3-12-8;/h1-4,13H;/q;+2/i11-4;. The van der Waals surface area contributed by atoms with Crippen LogP contribution in [0.1, 0.15) is 0 Å². The van der Waals surface area contributed by atoms with Crippen molar-refractivity contribution < 1.29 is 24.6 Å². The fourth-order valence-electron chi connectivity index (χ4n) is 1.16. The van der Waals surface area contributed by atoms with Crippen molar-refractivity contribution >= 4 is 45.1 Å². The summed E-state index contributed by atoms with van der Waals surface area (Å²) in [5.74, 6) is 0.195. The fraction of sp³-hybridized carbons (Fsp3) is 0. The average Bonchev–Trinajstić information content (AvgIpc) is 2.15. The van der Waals surface area contributed by atoms with E-state index in [1.165, 1.54) is 0 Å². The molecule has 0 unspecified atom stereocenters. The van der Waals surface area contributed by atoms with Gasteiger partial charge < -0.3 is 5.11 Å². The normalized spacial score (nSPS) is 9.86. The summed E-state index contributed by atoms with van der Waals surface area (Å²) in [6, 6.07) is 5.35. The molecule has 2 nitrogen and oxygen atoms in total. The molecule has 0 aliphatic heterocycles. The van der Waals surface area contributed by atoms with Crippen LogP contribution in [0.5, 0.6) is 5.75 Å². The number of phenolic OH excluding ortho intramolecular Hbond substituents is 1. The molecule has 0 spiro atoms. The third-order valence-corrected chi connectivity index (χ3v) is 2.90. The Kier molecular flexibility index (Phi) is 4.10. The average molecular weight is 367 g/mol. The van der Waals surface area contributed by atoms with Gasteiger partial charge in [0.1, 0.15) is 5.52 Å². The Morgan fingerprint density at radius 3 is 2.86 bits per heavy atom. The van der Waals surface area contributed by atoms with Gasteiger partial charge in [-0.1, -0.05) is 11.6 Å². The van der Waals surface area contributed by atoms with Gasteiger partial charge in [0.2, 0.25) is 0 Å². The molecule has 66 valence electrons. The number of fused-ring (bicyclic) bond motifs is 1. The van der Waals surface area contributed by atoms with Crippen molar-refractivity contribution in [2.75, 3.05) is 0 Å². The van der Waals surface area contributed by atoms with E-state index in [9.17, 15) is 5.11 Å². The Hall–Kier alpha value is 0.0734. The Bertz CT molecular complexity index is 478. The number of rotatable bonds is 0. The van der Waals surface area contributed by atoms with E-state index in [0.717, 1.165) is 5.39 Å². The molecule has 0 radical (unpaired) electrons. The molecule has 2 aromatic rings. The van der Waals surface area contributed by atoms with Crippen LogP contribution in [0.4, 0.5) is 0 Å². The molecular formula is C9H5ClINOZn+2. The van der Waals surface area contributed by atoms with E-state index in [0.29, 0.717) is 14.1 Å². The van der Waals surface area contributed by atoms with E-state index in [1.807, 2.05) is 28.7 Å². The smallest absolute Gasteiger partial charge is 0.505 e. The molecule has 1 aromatic carbocycles. The van der Waals surface area contributed by atoms with Crippen molar-refractivity contribution in [3.63, 3.8) is 0 Å². The zero-order valence-corrected chi connectivity index (χ0v) is 13.0. The van der Waals surface area contributed by atoms with Crippen molar-refractivity contribution in [1.82, 2.24) is 4.98 Å². The van der Waals surface area contributed by atoms with Crippen LogP contribution in [0.25, 0.3) is 10.9 Å². The van der Waals surface area contributed by atoms with E-state index < -0.39 is 0 Å². The first-order valence-corrected chi connectivity index (χ1v) is 5.07. The van der Waals surface area contributed by atoms with E-state index in [-0.39, 0.29) is 25.2 Å². The fourth-order valence-corrected chi connectivity index (χ4v) is 2.17. The number of halogens is 2. The minimum atomic E-state index is 0. The molecule has 0 amide bonds. The Morgan fingerprint density at radius 1 is 1.43 bits per heavy atom. The summed E-state index contributed by atoms with van der Waals surface area (Å²) in [5, 5.41) is 11.0. The third kappa shape index (κ3) is 2.02.